The second-order valence-electron chi connectivity index (χ2n) is 7.90. The maximum atomic E-state index is 15.0. The fourth-order valence-corrected chi connectivity index (χ4v) is 4.54. The largest absolute Gasteiger partial charge is 0.477 e. The van der Waals surface area contributed by atoms with Gasteiger partial charge in [-0.2, -0.15) is 15.1 Å². The first-order valence-corrected chi connectivity index (χ1v) is 10.9. The van der Waals surface area contributed by atoms with Crippen LogP contribution < -0.4 is 10.1 Å². The summed E-state index contributed by atoms with van der Waals surface area (Å²) in [6.07, 6.45) is 6.69. The van der Waals surface area contributed by atoms with Crippen molar-refractivity contribution in [2.45, 2.75) is 50.9 Å². The highest BCUT2D eigenvalue weighted by atomic mass is 35.5. The van der Waals surface area contributed by atoms with Gasteiger partial charge in [-0.3, -0.25) is 4.90 Å². The van der Waals surface area contributed by atoms with Gasteiger partial charge in [-0.1, -0.05) is 18.0 Å². The molecule has 1 aliphatic heterocycles. The van der Waals surface area contributed by atoms with Crippen molar-refractivity contribution in [2.75, 3.05) is 25.0 Å². The maximum absolute atomic E-state index is 15.0. The Morgan fingerprint density at radius 1 is 1.33 bits per heavy atom. The molecule has 10 heteroatoms. The van der Waals surface area contributed by atoms with Crippen LogP contribution in [0.15, 0.2) is 18.5 Å². The molecule has 0 aromatic carbocycles. The number of anilines is 2. The monoisotopic (exact) mass is 433 g/mol. The molecule has 1 saturated heterocycles. The van der Waals surface area contributed by atoms with Crippen LogP contribution in [0.5, 0.6) is 5.88 Å². The third-order valence-electron chi connectivity index (χ3n) is 6.09. The number of halogens is 2. The minimum atomic E-state index is -0.999. The number of ether oxygens (including phenoxy) is 1. The second-order valence-corrected chi connectivity index (χ2v) is 8.25. The first-order valence-electron chi connectivity index (χ1n) is 10.5. The molecule has 0 amide bonds. The van der Waals surface area contributed by atoms with E-state index in [1.165, 1.54) is 19.3 Å². The third-order valence-corrected chi connectivity index (χ3v) is 6.46. The van der Waals surface area contributed by atoms with Crippen molar-refractivity contribution >= 4 is 34.3 Å². The van der Waals surface area contributed by atoms with Crippen molar-refractivity contribution in [2.24, 2.45) is 0 Å². The quantitative estimate of drug-likeness (QED) is 0.609. The molecule has 2 aliphatic rings. The smallest absolute Gasteiger partial charge is 0.232 e. The Morgan fingerprint density at radius 3 is 2.93 bits per heavy atom. The molecular weight excluding hydrogens is 409 g/mol. The lowest BCUT2D eigenvalue weighted by Crippen LogP contribution is -2.49. The molecule has 3 aromatic heterocycles. The molecule has 5 rings (SSSR count). The van der Waals surface area contributed by atoms with Gasteiger partial charge in [-0.15, -0.1) is 0 Å². The van der Waals surface area contributed by atoms with Gasteiger partial charge in [0.15, 0.2) is 5.15 Å². The number of nitrogens with one attached hydrogen (secondary N) is 2. The molecule has 2 atom stereocenters. The van der Waals surface area contributed by atoms with E-state index in [4.69, 9.17) is 16.3 Å². The molecule has 0 bridgehead atoms. The number of hydrogen-bond acceptors (Lipinski definition) is 6. The Hall–Kier alpha value is -2.39. The molecule has 1 aliphatic carbocycles. The van der Waals surface area contributed by atoms with Crippen LogP contribution in [0, 0.1) is 0 Å². The van der Waals surface area contributed by atoms with E-state index in [0.29, 0.717) is 53.9 Å². The summed E-state index contributed by atoms with van der Waals surface area (Å²) in [5.74, 6) is 0.827. The standard InChI is InChI=1S/C20H25ClFN7O/c1-2-30-19-13-6-8-23-18(13)26-20(27-19)25-15-10-24-29(17(15)21)16-7-9-28(11-14(16)22)12-4-3-5-12/h6,8,10,12,14,16H,2-5,7,9,11H2,1H3,(H2,23,25,26,27)/t14-,16+/m0/s1. The molecule has 0 spiro atoms. The van der Waals surface area contributed by atoms with Crippen LogP contribution in [0.1, 0.15) is 38.6 Å². The topological polar surface area (TPSA) is 83.9 Å². The van der Waals surface area contributed by atoms with E-state index in [1.54, 1.807) is 17.1 Å². The highest BCUT2D eigenvalue weighted by molar-refractivity contribution is 6.32. The van der Waals surface area contributed by atoms with E-state index in [1.807, 2.05) is 13.0 Å². The number of rotatable bonds is 6. The van der Waals surface area contributed by atoms with E-state index >= 15 is 0 Å². The summed E-state index contributed by atoms with van der Waals surface area (Å²) in [6.45, 7) is 3.71. The molecule has 160 valence electrons. The van der Waals surface area contributed by atoms with E-state index in [9.17, 15) is 4.39 Å². The number of H-pyrrole nitrogens is 1. The molecule has 2 fully saturated rings. The fourth-order valence-electron chi connectivity index (χ4n) is 4.27. The zero-order chi connectivity index (χ0) is 20.7. The number of likely N-dealkylation sites (tertiary alicyclic amines) is 1. The van der Waals surface area contributed by atoms with Crippen molar-refractivity contribution in [3.8, 4) is 5.88 Å². The molecule has 2 N–H and O–H groups in total. The maximum Gasteiger partial charge on any atom is 0.232 e. The third kappa shape index (κ3) is 3.50. The van der Waals surface area contributed by atoms with Crippen molar-refractivity contribution in [3.63, 3.8) is 0 Å². The molecule has 30 heavy (non-hydrogen) atoms. The Labute approximate surface area is 178 Å². The Morgan fingerprint density at radius 2 is 2.20 bits per heavy atom. The van der Waals surface area contributed by atoms with Gasteiger partial charge in [0.2, 0.25) is 11.8 Å². The summed E-state index contributed by atoms with van der Waals surface area (Å²) in [7, 11) is 0. The minimum Gasteiger partial charge on any atom is -0.477 e. The number of fused-ring (bicyclic) bond motifs is 1. The zero-order valence-corrected chi connectivity index (χ0v) is 17.6. The second kappa shape index (κ2) is 8.03. The molecule has 8 nitrogen and oxygen atoms in total. The molecule has 0 radical (unpaired) electrons. The Balaban J connectivity index is 1.34. The van der Waals surface area contributed by atoms with E-state index in [2.05, 4.69) is 30.3 Å². The number of alkyl halides is 1. The van der Waals surface area contributed by atoms with Gasteiger partial charge in [0, 0.05) is 25.3 Å². The van der Waals surface area contributed by atoms with E-state index < -0.39 is 6.17 Å². The number of aromatic nitrogens is 5. The summed E-state index contributed by atoms with van der Waals surface area (Å²) in [5.41, 5.74) is 1.20. The summed E-state index contributed by atoms with van der Waals surface area (Å²) in [5, 5.41) is 8.63. The van der Waals surface area contributed by atoms with Crippen molar-refractivity contribution in [1.82, 2.24) is 29.6 Å². The predicted molar refractivity (Wildman–Crippen MR) is 113 cm³/mol. The highest BCUT2D eigenvalue weighted by Crippen LogP contribution is 2.35. The number of piperidine rings is 1. The van der Waals surface area contributed by atoms with E-state index in [0.717, 1.165) is 11.9 Å². The van der Waals surface area contributed by atoms with Gasteiger partial charge >= 0.3 is 0 Å². The van der Waals surface area contributed by atoms with Crippen LogP contribution in [0.4, 0.5) is 16.0 Å². The van der Waals surface area contributed by atoms with Crippen LogP contribution in [0.3, 0.4) is 0 Å². The van der Waals surface area contributed by atoms with Crippen molar-refractivity contribution in [3.05, 3.63) is 23.6 Å². The number of nitrogens with zero attached hydrogens (tertiary/aromatic N) is 5. The Kier molecular flexibility index (Phi) is 5.24. The summed E-state index contributed by atoms with van der Waals surface area (Å²) in [6, 6.07) is 2.05. The first kappa shape index (κ1) is 19.6. The lowest BCUT2D eigenvalue weighted by Gasteiger charge is -2.43. The van der Waals surface area contributed by atoms with Crippen LogP contribution in [-0.2, 0) is 0 Å². The van der Waals surface area contributed by atoms with Gasteiger partial charge < -0.3 is 15.0 Å². The van der Waals surface area contributed by atoms with Crippen LogP contribution in [0.25, 0.3) is 11.0 Å². The van der Waals surface area contributed by atoms with Crippen molar-refractivity contribution < 1.29 is 9.13 Å². The average molecular weight is 434 g/mol. The SMILES string of the molecule is CCOc1nc(Nc2cnn([C@@H]3CCN(C4CCC4)C[C@@H]3F)c2Cl)nc2[nH]ccc12. The molecule has 4 heterocycles. The average Bonchev–Trinajstić information content (AvgIpc) is 3.29. The number of aromatic amines is 1. The minimum absolute atomic E-state index is 0.339. The van der Waals surface area contributed by atoms with Gasteiger partial charge in [0.1, 0.15) is 11.8 Å². The number of hydrogen-bond donors (Lipinski definition) is 2. The van der Waals surface area contributed by atoms with Gasteiger partial charge in [0.05, 0.1) is 29.9 Å². The van der Waals surface area contributed by atoms with Gasteiger partial charge in [-0.05, 0) is 32.3 Å². The van der Waals surface area contributed by atoms with Gasteiger partial charge in [0.25, 0.3) is 0 Å². The van der Waals surface area contributed by atoms with E-state index in [-0.39, 0.29) is 6.04 Å². The van der Waals surface area contributed by atoms with Gasteiger partial charge in [-0.25, -0.2) is 9.07 Å². The summed E-state index contributed by atoms with van der Waals surface area (Å²) < 4.78 is 22.2. The lowest BCUT2D eigenvalue weighted by atomic mass is 9.89. The van der Waals surface area contributed by atoms with Crippen LogP contribution in [0.2, 0.25) is 5.15 Å². The molecule has 3 aromatic rings. The predicted octanol–water partition coefficient (Wildman–Crippen LogP) is 4.09. The zero-order valence-electron chi connectivity index (χ0n) is 16.8. The lowest BCUT2D eigenvalue weighted by molar-refractivity contribution is 0.0302. The summed E-state index contributed by atoms with van der Waals surface area (Å²) >= 11 is 6.57. The fraction of sp³-hybridized carbons (Fsp3) is 0.550. The Bertz CT molecular complexity index is 1030. The highest BCUT2D eigenvalue weighted by Gasteiger charge is 2.36. The first-order chi connectivity index (χ1) is 14.6. The van der Waals surface area contributed by atoms with Crippen LogP contribution in [-0.4, -0.2) is 61.5 Å². The molecular formula is C20H25ClFN7O. The van der Waals surface area contributed by atoms with Crippen LogP contribution >= 0.6 is 11.6 Å². The summed E-state index contributed by atoms with van der Waals surface area (Å²) in [4.78, 5) is 14.2. The van der Waals surface area contributed by atoms with Crippen molar-refractivity contribution in [1.29, 1.82) is 0 Å². The molecule has 1 saturated carbocycles. The normalized spacial score (nSPS) is 22.9. The molecule has 0 unspecified atom stereocenters.